The van der Waals surface area contributed by atoms with E-state index in [2.05, 4.69) is 5.32 Å². The first-order valence-corrected chi connectivity index (χ1v) is 7.54. The molecule has 1 aliphatic heterocycles. The predicted molar refractivity (Wildman–Crippen MR) is 85.3 cm³/mol. The van der Waals surface area contributed by atoms with E-state index < -0.39 is 5.60 Å². The molecule has 1 aromatic carbocycles. The molecule has 0 atom stereocenters. The highest BCUT2D eigenvalue weighted by atomic mass is 19.1. The first kappa shape index (κ1) is 16.4. The molecule has 122 valence electrons. The fraction of sp³-hybridized carbons (Fsp3) is 0.562. The molecule has 0 aromatic heterocycles. The second-order valence-electron chi connectivity index (χ2n) is 6.63. The van der Waals surface area contributed by atoms with E-state index in [0.29, 0.717) is 24.5 Å². The lowest BCUT2D eigenvalue weighted by molar-refractivity contribution is 0.0210. The number of halogens is 1. The van der Waals surface area contributed by atoms with E-state index in [0.717, 1.165) is 12.8 Å². The summed E-state index contributed by atoms with van der Waals surface area (Å²) in [7, 11) is 0. The minimum atomic E-state index is -0.487. The van der Waals surface area contributed by atoms with Crippen LogP contribution in [0, 0.1) is 5.82 Å². The normalized spacial score (nSPS) is 16.5. The number of hydrogen-bond donors (Lipinski definition) is 2. The summed E-state index contributed by atoms with van der Waals surface area (Å²) in [6, 6.07) is 4.75. The Hall–Kier alpha value is -1.98. The van der Waals surface area contributed by atoms with Gasteiger partial charge in [0.15, 0.2) is 0 Å². The van der Waals surface area contributed by atoms with E-state index >= 15 is 0 Å². The zero-order valence-corrected chi connectivity index (χ0v) is 13.4. The number of nitrogen functional groups attached to an aromatic ring is 1. The van der Waals surface area contributed by atoms with Gasteiger partial charge in [0.25, 0.3) is 0 Å². The lowest BCUT2D eigenvalue weighted by atomic mass is 10.0. The largest absolute Gasteiger partial charge is 0.444 e. The smallest absolute Gasteiger partial charge is 0.410 e. The van der Waals surface area contributed by atoms with Crippen molar-refractivity contribution in [1.82, 2.24) is 4.90 Å². The van der Waals surface area contributed by atoms with E-state index in [1.54, 1.807) is 17.0 Å². The zero-order valence-electron chi connectivity index (χ0n) is 13.4. The Labute approximate surface area is 130 Å². The maximum absolute atomic E-state index is 13.8. The van der Waals surface area contributed by atoms with Crippen LogP contribution in [0.4, 0.5) is 20.6 Å². The summed E-state index contributed by atoms with van der Waals surface area (Å²) in [5.41, 5.74) is 5.90. The number of rotatable bonds is 2. The van der Waals surface area contributed by atoms with Crippen LogP contribution in [-0.4, -0.2) is 35.7 Å². The molecule has 6 heteroatoms. The van der Waals surface area contributed by atoms with Crippen molar-refractivity contribution in [3.05, 3.63) is 24.0 Å². The number of likely N-dealkylation sites (tertiary alicyclic amines) is 1. The van der Waals surface area contributed by atoms with Crippen molar-refractivity contribution in [2.75, 3.05) is 24.1 Å². The number of ether oxygens (including phenoxy) is 1. The summed E-state index contributed by atoms with van der Waals surface area (Å²) in [5, 5.41) is 3.17. The van der Waals surface area contributed by atoms with Crippen LogP contribution in [0.2, 0.25) is 0 Å². The van der Waals surface area contributed by atoms with Gasteiger partial charge in [-0.1, -0.05) is 0 Å². The third kappa shape index (κ3) is 4.51. The van der Waals surface area contributed by atoms with Gasteiger partial charge in [-0.2, -0.15) is 0 Å². The summed E-state index contributed by atoms with van der Waals surface area (Å²) in [5.74, 6) is -0.352. The number of piperidine rings is 1. The van der Waals surface area contributed by atoms with Gasteiger partial charge in [-0.3, -0.25) is 0 Å². The van der Waals surface area contributed by atoms with Crippen LogP contribution >= 0.6 is 0 Å². The third-order valence-electron chi connectivity index (χ3n) is 3.50. The molecular formula is C16H24FN3O2. The standard InChI is InChI=1S/C16H24FN3O2/c1-16(2,3)22-15(21)20-8-6-12(7-9-20)19-14-5-4-11(18)10-13(14)17/h4-5,10,12,19H,6-9,18H2,1-3H3. The second-order valence-corrected chi connectivity index (χ2v) is 6.63. The number of anilines is 2. The number of hydrogen-bond acceptors (Lipinski definition) is 4. The molecular weight excluding hydrogens is 285 g/mol. The Balaban J connectivity index is 1.86. The number of nitrogens with zero attached hydrogens (tertiary/aromatic N) is 1. The minimum Gasteiger partial charge on any atom is -0.444 e. The molecule has 0 unspecified atom stereocenters. The third-order valence-corrected chi connectivity index (χ3v) is 3.50. The highest BCUT2D eigenvalue weighted by Gasteiger charge is 2.27. The van der Waals surface area contributed by atoms with Crippen LogP contribution in [0.25, 0.3) is 0 Å². The summed E-state index contributed by atoms with van der Waals surface area (Å²) >= 11 is 0. The number of nitrogens with one attached hydrogen (secondary N) is 1. The number of carbonyl (C=O) groups excluding carboxylic acids is 1. The van der Waals surface area contributed by atoms with E-state index in [1.807, 2.05) is 20.8 Å². The predicted octanol–water partition coefficient (Wildman–Crippen LogP) is 3.22. The van der Waals surface area contributed by atoms with Gasteiger partial charge in [0.1, 0.15) is 11.4 Å². The number of carbonyl (C=O) groups is 1. The zero-order chi connectivity index (χ0) is 16.3. The van der Waals surface area contributed by atoms with Crippen LogP contribution < -0.4 is 11.1 Å². The second kappa shape index (κ2) is 6.42. The Morgan fingerprint density at radius 3 is 2.55 bits per heavy atom. The maximum atomic E-state index is 13.8. The molecule has 0 bridgehead atoms. The van der Waals surface area contributed by atoms with Crippen LogP contribution in [0.5, 0.6) is 0 Å². The van der Waals surface area contributed by atoms with Gasteiger partial charge in [-0.05, 0) is 51.8 Å². The Kier molecular flexibility index (Phi) is 4.78. The molecule has 1 aliphatic rings. The van der Waals surface area contributed by atoms with Crippen LogP contribution in [-0.2, 0) is 4.74 Å². The fourth-order valence-corrected chi connectivity index (χ4v) is 2.40. The number of benzene rings is 1. The first-order valence-electron chi connectivity index (χ1n) is 7.54. The molecule has 1 amide bonds. The summed E-state index contributed by atoms with van der Waals surface area (Å²) in [6.45, 7) is 6.75. The lowest BCUT2D eigenvalue weighted by Crippen LogP contribution is -2.44. The Morgan fingerprint density at radius 2 is 2.00 bits per heavy atom. The molecule has 0 spiro atoms. The quantitative estimate of drug-likeness (QED) is 0.823. The Bertz CT molecular complexity index is 535. The van der Waals surface area contributed by atoms with Crippen molar-refractivity contribution in [2.24, 2.45) is 0 Å². The topological polar surface area (TPSA) is 67.6 Å². The molecule has 1 heterocycles. The molecule has 2 rings (SSSR count). The average molecular weight is 309 g/mol. The van der Waals surface area contributed by atoms with Crippen molar-refractivity contribution >= 4 is 17.5 Å². The molecule has 1 fully saturated rings. The lowest BCUT2D eigenvalue weighted by Gasteiger charge is -2.34. The van der Waals surface area contributed by atoms with Crippen LogP contribution in [0.3, 0.4) is 0 Å². The Morgan fingerprint density at radius 1 is 1.36 bits per heavy atom. The van der Waals surface area contributed by atoms with E-state index in [1.165, 1.54) is 6.07 Å². The molecule has 3 N–H and O–H groups in total. The number of nitrogens with two attached hydrogens (primary N) is 1. The first-order chi connectivity index (χ1) is 10.2. The van der Waals surface area contributed by atoms with Gasteiger partial charge in [0.2, 0.25) is 0 Å². The molecule has 22 heavy (non-hydrogen) atoms. The van der Waals surface area contributed by atoms with Crippen LogP contribution in [0.15, 0.2) is 18.2 Å². The molecule has 0 radical (unpaired) electrons. The molecule has 0 aliphatic carbocycles. The van der Waals surface area contributed by atoms with Gasteiger partial charge in [-0.25, -0.2) is 9.18 Å². The average Bonchev–Trinajstić information content (AvgIpc) is 2.41. The molecule has 1 saturated heterocycles. The van der Waals surface area contributed by atoms with Gasteiger partial charge in [0.05, 0.1) is 5.69 Å². The van der Waals surface area contributed by atoms with Crippen molar-refractivity contribution in [3.8, 4) is 0 Å². The van der Waals surface area contributed by atoms with Crippen molar-refractivity contribution in [2.45, 2.75) is 45.3 Å². The summed E-state index contributed by atoms with van der Waals surface area (Å²) in [6.07, 6.45) is 1.22. The van der Waals surface area contributed by atoms with Gasteiger partial charge >= 0.3 is 6.09 Å². The van der Waals surface area contributed by atoms with Gasteiger partial charge in [0, 0.05) is 24.8 Å². The number of amides is 1. The molecule has 5 nitrogen and oxygen atoms in total. The highest BCUT2D eigenvalue weighted by Crippen LogP contribution is 2.22. The van der Waals surface area contributed by atoms with E-state index in [4.69, 9.17) is 10.5 Å². The maximum Gasteiger partial charge on any atom is 0.410 e. The van der Waals surface area contributed by atoms with Gasteiger partial charge < -0.3 is 20.7 Å². The summed E-state index contributed by atoms with van der Waals surface area (Å²) in [4.78, 5) is 13.7. The highest BCUT2D eigenvalue weighted by molar-refractivity contribution is 5.68. The SMILES string of the molecule is CC(C)(C)OC(=O)N1CCC(Nc2ccc(N)cc2F)CC1. The fourth-order valence-electron chi connectivity index (χ4n) is 2.40. The van der Waals surface area contributed by atoms with Crippen molar-refractivity contribution in [3.63, 3.8) is 0 Å². The van der Waals surface area contributed by atoms with Crippen molar-refractivity contribution in [1.29, 1.82) is 0 Å². The molecule has 0 saturated carbocycles. The van der Waals surface area contributed by atoms with Crippen LogP contribution in [0.1, 0.15) is 33.6 Å². The van der Waals surface area contributed by atoms with E-state index in [-0.39, 0.29) is 18.0 Å². The monoisotopic (exact) mass is 309 g/mol. The van der Waals surface area contributed by atoms with Crippen molar-refractivity contribution < 1.29 is 13.9 Å². The minimum absolute atomic E-state index is 0.136. The summed E-state index contributed by atoms with van der Waals surface area (Å²) < 4.78 is 19.1. The molecule has 1 aromatic rings. The van der Waals surface area contributed by atoms with Gasteiger partial charge in [-0.15, -0.1) is 0 Å². The van der Waals surface area contributed by atoms with E-state index in [9.17, 15) is 9.18 Å².